The van der Waals surface area contributed by atoms with Crippen LogP contribution in [0.4, 0.5) is 5.69 Å². The molecule has 4 aliphatic carbocycles. The summed E-state index contributed by atoms with van der Waals surface area (Å²) in [4.78, 5) is 40.8. The van der Waals surface area contributed by atoms with Gasteiger partial charge in [-0.15, -0.1) is 0 Å². The fourth-order valence-corrected chi connectivity index (χ4v) is 7.57. The average molecular weight is 463 g/mol. The van der Waals surface area contributed by atoms with Crippen LogP contribution in [-0.4, -0.2) is 27.5 Å². The molecule has 5 aliphatic rings. The molecule has 1 unspecified atom stereocenters. The highest BCUT2D eigenvalue weighted by molar-refractivity contribution is 6.45. The van der Waals surface area contributed by atoms with E-state index in [1.54, 1.807) is 6.07 Å². The van der Waals surface area contributed by atoms with Crippen molar-refractivity contribution in [1.29, 1.82) is 0 Å². The van der Waals surface area contributed by atoms with E-state index in [1.165, 1.54) is 23.8 Å². The number of nitrogens with zero attached hydrogens (tertiary/aromatic N) is 1. The molecule has 1 atom stereocenters. The number of carbonyl (C=O) groups excluding carboxylic acids is 1. The molecule has 1 aliphatic heterocycles. The molecule has 4 fully saturated rings. The minimum Gasteiger partial charge on any atom is -0.380 e. The van der Waals surface area contributed by atoms with Gasteiger partial charge in [0.15, 0.2) is 0 Å². The Bertz CT molecular complexity index is 1200. The van der Waals surface area contributed by atoms with Crippen LogP contribution < -0.4 is 21.8 Å². The Kier molecular flexibility index (Phi) is 4.29. The van der Waals surface area contributed by atoms with Crippen molar-refractivity contribution in [3.63, 3.8) is 0 Å². The second kappa shape index (κ2) is 6.75. The molecule has 1 aromatic heterocycles. The largest absolute Gasteiger partial charge is 0.380 e. The number of H-pyrrole nitrogens is 1. The van der Waals surface area contributed by atoms with Crippen LogP contribution >= 0.6 is 23.2 Å². The van der Waals surface area contributed by atoms with Gasteiger partial charge in [-0.3, -0.25) is 19.0 Å². The van der Waals surface area contributed by atoms with Crippen LogP contribution in [0.15, 0.2) is 15.7 Å². The van der Waals surface area contributed by atoms with E-state index in [1.807, 2.05) is 0 Å². The molecule has 2 heterocycles. The maximum Gasteiger partial charge on any atom is 0.317 e. The average Bonchev–Trinajstić information content (AvgIpc) is 2.68. The smallest absolute Gasteiger partial charge is 0.317 e. The lowest BCUT2D eigenvalue weighted by atomic mass is 9.53. The SMILES string of the molecule is O=C(CC1CNc2c(Cl)c(Cl)cc3[nH]c(=O)c(=O)n1c23)NC12CC3CC(CC(C3)C1)C2. The number of amides is 1. The second-order valence-electron chi connectivity index (χ2n) is 10.1. The van der Waals surface area contributed by atoms with E-state index in [4.69, 9.17) is 23.2 Å². The highest BCUT2D eigenvalue weighted by atomic mass is 35.5. The van der Waals surface area contributed by atoms with Gasteiger partial charge in [0.25, 0.3) is 0 Å². The summed E-state index contributed by atoms with van der Waals surface area (Å²) in [7, 11) is 0. The molecule has 7 rings (SSSR count). The minimum atomic E-state index is -0.731. The summed E-state index contributed by atoms with van der Waals surface area (Å²) in [5, 5.41) is 7.17. The summed E-state index contributed by atoms with van der Waals surface area (Å²) in [6, 6.07) is 1.07. The lowest BCUT2D eigenvalue weighted by molar-refractivity contribution is -0.127. The number of nitrogens with one attached hydrogen (secondary N) is 3. The van der Waals surface area contributed by atoms with Gasteiger partial charge in [-0.05, 0) is 62.3 Å². The number of hydrogen-bond acceptors (Lipinski definition) is 4. The first-order valence-corrected chi connectivity index (χ1v) is 11.8. The Balaban J connectivity index is 1.32. The first kappa shape index (κ1) is 19.7. The predicted octanol–water partition coefficient (Wildman–Crippen LogP) is 3.44. The van der Waals surface area contributed by atoms with Crippen molar-refractivity contribution in [1.82, 2.24) is 14.9 Å². The number of rotatable bonds is 3. The van der Waals surface area contributed by atoms with Crippen LogP contribution in [0.1, 0.15) is 51.0 Å². The van der Waals surface area contributed by atoms with E-state index in [2.05, 4.69) is 15.6 Å². The molecule has 9 heteroatoms. The summed E-state index contributed by atoms with van der Waals surface area (Å²) in [6.07, 6.45) is 7.26. The maximum absolute atomic E-state index is 13.2. The van der Waals surface area contributed by atoms with Crippen molar-refractivity contribution >= 4 is 45.8 Å². The number of benzene rings is 1. The van der Waals surface area contributed by atoms with Crippen molar-refractivity contribution in [2.45, 2.75) is 56.5 Å². The Morgan fingerprint density at radius 3 is 2.42 bits per heavy atom. The molecule has 7 nitrogen and oxygen atoms in total. The molecule has 4 bridgehead atoms. The van der Waals surface area contributed by atoms with Crippen LogP contribution in [0.25, 0.3) is 11.0 Å². The van der Waals surface area contributed by atoms with E-state index in [0.717, 1.165) is 37.0 Å². The van der Waals surface area contributed by atoms with Crippen LogP contribution in [0.2, 0.25) is 10.0 Å². The highest BCUT2D eigenvalue weighted by Crippen LogP contribution is 2.55. The molecule has 0 saturated heterocycles. The fourth-order valence-electron chi connectivity index (χ4n) is 7.16. The van der Waals surface area contributed by atoms with Gasteiger partial charge >= 0.3 is 11.1 Å². The Morgan fingerprint density at radius 2 is 1.77 bits per heavy atom. The van der Waals surface area contributed by atoms with E-state index >= 15 is 0 Å². The zero-order valence-electron chi connectivity index (χ0n) is 17.0. The van der Waals surface area contributed by atoms with Crippen molar-refractivity contribution in [3.05, 3.63) is 36.8 Å². The zero-order chi connectivity index (χ0) is 21.5. The van der Waals surface area contributed by atoms with Crippen LogP contribution in [0, 0.1) is 17.8 Å². The second-order valence-corrected chi connectivity index (χ2v) is 10.8. The van der Waals surface area contributed by atoms with Crippen molar-refractivity contribution in [2.75, 3.05) is 11.9 Å². The number of halogens is 2. The van der Waals surface area contributed by atoms with Gasteiger partial charge in [-0.1, -0.05) is 23.2 Å². The van der Waals surface area contributed by atoms with E-state index in [9.17, 15) is 14.4 Å². The van der Waals surface area contributed by atoms with Gasteiger partial charge in [0.05, 0.1) is 32.8 Å². The minimum absolute atomic E-state index is 0.0578. The van der Waals surface area contributed by atoms with Crippen LogP contribution in [0.5, 0.6) is 0 Å². The first-order chi connectivity index (χ1) is 14.8. The van der Waals surface area contributed by atoms with Gasteiger partial charge in [-0.2, -0.15) is 0 Å². The molecule has 0 spiro atoms. The quantitative estimate of drug-likeness (QED) is 0.608. The third-order valence-corrected chi connectivity index (χ3v) is 8.63. The number of aromatic amines is 1. The molecule has 4 saturated carbocycles. The van der Waals surface area contributed by atoms with Gasteiger partial charge in [-0.25, -0.2) is 0 Å². The van der Waals surface area contributed by atoms with Crippen molar-refractivity contribution in [2.24, 2.45) is 17.8 Å². The number of anilines is 1. The van der Waals surface area contributed by atoms with Crippen LogP contribution in [-0.2, 0) is 4.79 Å². The first-order valence-electron chi connectivity index (χ1n) is 11.0. The molecule has 31 heavy (non-hydrogen) atoms. The summed E-state index contributed by atoms with van der Waals surface area (Å²) in [5.41, 5.74) is -0.0795. The molecule has 1 amide bonds. The molecule has 1 aromatic carbocycles. The predicted molar refractivity (Wildman–Crippen MR) is 120 cm³/mol. The zero-order valence-corrected chi connectivity index (χ0v) is 18.5. The standard InChI is InChI=1S/C22H24Cl2N4O3/c23-14-5-15-19-18(17(14)24)25-9-13(28(19)21(31)20(30)26-15)4-16(29)27-22-6-10-1-11(7-22)3-12(2-10)8-22/h5,10-13,25H,1-4,6-9H2,(H,26,30)(H,27,29). The topological polar surface area (TPSA) is 96.0 Å². The van der Waals surface area contributed by atoms with Gasteiger partial charge in [0.1, 0.15) is 0 Å². The Hall–Kier alpha value is -1.99. The number of aromatic nitrogens is 2. The lowest BCUT2D eigenvalue weighted by Crippen LogP contribution is -2.60. The summed E-state index contributed by atoms with van der Waals surface area (Å²) < 4.78 is 1.42. The summed E-state index contributed by atoms with van der Waals surface area (Å²) >= 11 is 12.5. The lowest BCUT2D eigenvalue weighted by Gasteiger charge is -2.57. The van der Waals surface area contributed by atoms with Crippen molar-refractivity contribution < 1.29 is 4.79 Å². The van der Waals surface area contributed by atoms with E-state index in [-0.39, 0.29) is 22.9 Å². The highest BCUT2D eigenvalue weighted by Gasteiger charge is 2.51. The molecule has 0 radical (unpaired) electrons. The molecule has 2 aromatic rings. The van der Waals surface area contributed by atoms with E-state index in [0.29, 0.717) is 28.3 Å². The Morgan fingerprint density at radius 1 is 1.13 bits per heavy atom. The van der Waals surface area contributed by atoms with Gasteiger partial charge in [0, 0.05) is 18.5 Å². The van der Waals surface area contributed by atoms with Crippen LogP contribution in [0.3, 0.4) is 0 Å². The summed E-state index contributed by atoms with van der Waals surface area (Å²) in [5.74, 6) is 2.14. The number of carbonyl (C=O) groups is 1. The van der Waals surface area contributed by atoms with Crippen molar-refractivity contribution in [3.8, 4) is 0 Å². The number of hydrogen-bond donors (Lipinski definition) is 3. The fraction of sp³-hybridized carbons (Fsp3) is 0.591. The monoisotopic (exact) mass is 462 g/mol. The molecule has 3 N–H and O–H groups in total. The third kappa shape index (κ3) is 3.04. The van der Waals surface area contributed by atoms with Gasteiger partial charge < -0.3 is 15.6 Å². The van der Waals surface area contributed by atoms with Gasteiger partial charge in [0.2, 0.25) is 5.91 Å². The maximum atomic E-state index is 13.2. The summed E-state index contributed by atoms with van der Waals surface area (Å²) in [6.45, 7) is 0.319. The Labute approximate surface area is 188 Å². The van der Waals surface area contributed by atoms with E-state index < -0.39 is 17.2 Å². The normalized spacial score (nSPS) is 32.8. The third-order valence-electron chi connectivity index (χ3n) is 7.84. The molecule has 164 valence electrons. The molecular weight excluding hydrogens is 439 g/mol. The molecular formula is C22H24Cl2N4O3.